The molecule has 0 heterocycles. The highest BCUT2D eigenvalue weighted by Crippen LogP contribution is 2.19. The molecule has 0 radical (unpaired) electrons. The Morgan fingerprint density at radius 2 is 2.00 bits per heavy atom. The van der Waals surface area contributed by atoms with Crippen molar-refractivity contribution in [2.24, 2.45) is 0 Å². The molecule has 1 atom stereocenters. The maximum atomic E-state index is 13.1. The van der Waals surface area contributed by atoms with Gasteiger partial charge in [0.1, 0.15) is 17.6 Å². The molecule has 0 spiro atoms. The van der Waals surface area contributed by atoms with Gasteiger partial charge in [-0.2, -0.15) is 5.26 Å². The summed E-state index contributed by atoms with van der Waals surface area (Å²) in [5.74, 6) is 0.467. The molecule has 3 heteroatoms. The van der Waals surface area contributed by atoms with Crippen molar-refractivity contribution in [3.8, 4) is 11.8 Å². The van der Waals surface area contributed by atoms with Gasteiger partial charge in [-0.05, 0) is 42.7 Å². The average Bonchev–Trinajstić information content (AvgIpc) is 2.45. The number of benzene rings is 2. The van der Waals surface area contributed by atoms with Crippen LogP contribution in [0.4, 0.5) is 4.39 Å². The Balaban J connectivity index is 1.97. The van der Waals surface area contributed by atoms with E-state index in [9.17, 15) is 4.39 Å². The minimum atomic E-state index is -0.528. The predicted molar refractivity (Wildman–Crippen MR) is 75.9 cm³/mol. The molecule has 0 bridgehead atoms. The Hall–Kier alpha value is -2.34. The lowest BCUT2D eigenvalue weighted by Gasteiger charge is -2.14. The van der Waals surface area contributed by atoms with Crippen LogP contribution in [0.2, 0.25) is 0 Å². The molecule has 1 unspecified atom stereocenters. The van der Waals surface area contributed by atoms with Gasteiger partial charge in [0.2, 0.25) is 0 Å². The summed E-state index contributed by atoms with van der Waals surface area (Å²) in [6, 6.07) is 16.2. The maximum absolute atomic E-state index is 13.1. The number of rotatable bonds is 5. The van der Waals surface area contributed by atoms with Gasteiger partial charge < -0.3 is 4.74 Å². The average molecular weight is 269 g/mol. The first kappa shape index (κ1) is 14.1. The fourth-order valence-corrected chi connectivity index (χ4v) is 1.98. The smallest absolute Gasteiger partial charge is 0.184 e. The lowest BCUT2D eigenvalue weighted by molar-refractivity contribution is 0.244. The van der Waals surface area contributed by atoms with Crippen LogP contribution in [0, 0.1) is 24.1 Å². The number of hydrogen-bond acceptors (Lipinski definition) is 2. The van der Waals surface area contributed by atoms with Crippen molar-refractivity contribution in [1.82, 2.24) is 0 Å². The summed E-state index contributed by atoms with van der Waals surface area (Å²) in [6.45, 7) is 1.94. The molecule has 2 rings (SSSR count). The van der Waals surface area contributed by atoms with Gasteiger partial charge in [0.25, 0.3) is 0 Å². The van der Waals surface area contributed by atoms with Crippen LogP contribution in [0.1, 0.15) is 17.5 Å². The second kappa shape index (κ2) is 6.72. The molecular weight excluding hydrogens is 253 g/mol. The minimum absolute atomic E-state index is 0.254. The highest BCUT2D eigenvalue weighted by molar-refractivity contribution is 5.32. The van der Waals surface area contributed by atoms with Gasteiger partial charge in [-0.3, -0.25) is 0 Å². The zero-order valence-electron chi connectivity index (χ0n) is 11.3. The first-order valence-electron chi connectivity index (χ1n) is 6.55. The summed E-state index contributed by atoms with van der Waals surface area (Å²) in [4.78, 5) is 0. The highest BCUT2D eigenvalue weighted by Gasteiger charge is 2.11. The Kier molecular flexibility index (Phi) is 4.73. The fraction of sp³-hybridized carbons (Fsp3) is 0.235. The minimum Gasteiger partial charge on any atom is -0.475 e. The van der Waals surface area contributed by atoms with Gasteiger partial charge in [-0.1, -0.05) is 30.3 Å². The number of nitriles is 1. The lowest BCUT2D eigenvalue weighted by atomic mass is 10.1. The van der Waals surface area contributed by atoms with Crippen molar-refractivity contribution in [3.63, 3.8) is 0 Å². The Morgan fingerprint density at radius 1 is 1.20 bits per heavy atom. The predicted octanol–water partition coefficient (Wildman–Crippen LogP) is 4.04. The highest BCUT2D eigenvalue weighted by atomic mass is 19.1. The van der Waals surface area contributed by atoms with Crippen molar-refractivity contribution < 1.29 is 9.13 Å². The lowest BCUT2D eigenvalue weighted by Crippen LogP contribution is -2.15. The van der Waals surface area contributed by atoms with Gasteiger partial charge in [-0.25, -0.2) is 4.39 Å². The van der Waals surface area contributed by atoms with Crippen LogP contribution < -0.4 is 4.74 Å². The van der Waals surface area contributed by atoms with Crippen LogP contribution in [0.25, 0.3) is 0 Å². The summed E-state index contributed by atoms with van der Waals surface area (Å²) >= 11 is 0. The van der Waals surface area contributed by atoms with Crippen LogP contribution in [-0.2, 0) is 6.42 Å². The van der Waals surface area contributed by atoms with E-state index >= 15 is 0 Å². The largest absolute Gasteiger partial charge is 0.475 e. The molecule has 2 aromatic rings. The van der Waals surface area contributed by atoms with Crippen molar-refractivity contribution in [3.05, 3.63) is 65.5 Å². The summed E-state index contributed by atoms with van der Waals surface area (Å²) in [7, 11) is 0. The molecule has 0 fully saturated rings. The van der Waals surface area contributed by atoms with E-state index in [-0.39, 0.29) is 5.82 Å². The molecule has 0 aliphatic heterocycles. The van der Waals surface area contributed by atoms with Gasteiger partial charge >= 0.3 is 0 Å². The summed E-state index contributed by atoms with van der Waals surface area (Å²) in [6.07, 6.45) is 0.621. The molecule has 0 saturated heterocycles. The summed E-state index contributed by atoms with van der Waals surface area (Å²) < 4.78 is 18.8. The molecule has 2 nitrogen and oxygen atoms in total. The molecule has 0 amide bonds. The van der Waals surface area contributed by atoms with Crippen LogP contribution in [-0.4, -0.2) is 6.10 Å². The van der Waals surface area contributed by atoms with E-state index in [2.05, 4.69) is 6.07 Å². The Bertz CT molecular complexity index is 618. The van der Waals surface area contributed by atoms with Crippen LogP contribution >= 0.6 is 0 Å². The van der Waals surface area contributed by atoms with Crippen molar-refractivity contribution in [2.45, 2.75) is 25.9 Å². The molecule has 0 saturated carbocycles. The van der Waals surface area contributed by atoms with Crippen LogP contribution in [0.5, 0.6) is 5.75 Å². The standard InChI is InChI=1S/C17H16FNO/c1-13-5-2-3-8-17(13)20-16(12-19)10-9-14-6-4-7-15(18)11-14/h2-8,11,16H,9-10H2,1H3. The van der Waals surface area contributed by atoms with E-state index in [0.717, 1.165) is 16.9 Å². The quantitative estimate of drug-likeness (QED) is 0.820. The van der Waals surface area contributed by atoms with E-state index < -0.39 is 6.10 Å². The van der Waals surface area contributed by atoms with Crippen molar-refractivity contribution in [2.75, 3.05) is 0 Å². The monoisotopic (exact) mass is 269 g/mol. The molecule has 2 aromatic carbocycles. The van der Waals surface area contributed by atoms with Crippen LogP contribution in [0.15, 0.2) is 48.5 Å². The molecule has 102 valence electrons. The molecule has 0 aliphatic rings. The molecule has 0 N–H and O–H groups in total. The number of ether oxygens (including phenoxy) is 1. The van der Waals surface area contributed by atoms with Crippen molar-refractivity contribution in [1.29, 1.82) is 5.26 Å². The fourth-order valence-electron chi connectivity index (χ4n) is 1.98. The van der Waals surface area contributed by atoms with E-state index in [1.54, 1.807) is 6.07 Å². The molecule has 20 heavy (non-hydrogen) atoms. The molecular formula is C17H16FNO. The van der Waals surface area contributed by atoms with Gasteiger partial charge in [0.15, 0.2) is 6.10 Å². The van der Waals surface area contributed by atoms with E-state index in [1.165, 1.54) is 12.1 Å². The maximum Gasteiger partial charge on any atom is 0.184 e. The Labute approximate surface area is 118 Å². The third kappa shape index (κ3) is 3.83. The molecule has 0 aromatic heterocycles. The number of halogens is 1. The third-order valence-electron chi connectivity index (χ3n) is 3.09. The number of para-hydroxylation sites is 1. The second-order valence-electron chi connectivity index (χ2n) is 4.67. The number of nitrogens with zero attached hydrogens (tertiary/aromatic N) is 1. The van der Waals surface area contributed by atoms with Crippen molar-refractivity contribution >= 4 is 0 Å². The zero-order chi connectivity index (χ0) is 14.4. The number of hydrogen-bond donors (Lipinski definition) is 0. The first-order valence-corrected chi connectivity index (χ1v) is 6.55. The van der Waals surface area contributed by atoms with E-state index in [4.69, 9.17) is 10.00 Å². The third-order valence-corrected chi connectivity index (χ3v) is 3.09. The summed E-state index contributed by atoms with van der Waals surface area (Å²) in [5, 5.41) is 9.16. The van der Waals surface area contributed by atoms with Gasteiger partial charge in [0, 0.05) is 6.42 Å². The normalized spacial score (nSPS) is 11.7. The second-order valence-corrected chi connectivity index (χ2v) is 4.67. The van der Waals surface area contributed by atoms with E-state index in [1.807, 2.05) is 37.3 Å². The Morgan fingerprint density at radius 3 is 2.70 bits per heavy atom. The number of aryl methyl sites for hydroxylation is 2. The van der Waals surface area contributed by atoms with Gasteiger partial charge in [-0.15, -0.1) is 0 Å². The SMILES string of the molecule is Cc1ccccc1OC(C#N)CCc1cccc(F)c1. The van der Waals surface area contributed by atoms with E-state index in [0.29, 0.717) is 12.8 Å². The summed E-state index contributed by atoms with van der Waals surface area (Å²) in [5.41, 5.74) is 1.87. The topological polar surface area (TPSA) is 33.0 Å². The first-order chi connectivity index (χ1) is 9.69. The van der Waals surface area contributed by atoms with Crippen LogP contribution in [0.3, 0.4) is 0 Å². The zero-order valence-corrected chi connectivity index (χ0v) is 11.3. The van der Waals surface area contributed by atoms with Gasteiger partial charge in [0.05, 0.1) is 0 Å². The molecule has 0 aliphatic carbocycles.